The van der Waals surface area contributed by atoms with Gasteiger partial charge in [0.25, 0.3) is 0 Å². The molecule has 2 rings (SSSR count). The Bertz CT molecular complexity index is 476. The van der Waals surface area contributed by atoms with Gasteiger partial charge in [0.05, 0.1) is 11.1 Å². The molecule has 5 heteroatoms. The van der Waals surface area contributed by atoms with E-state index in [0.29, 0.717) is 6.54 Å². The largest absolute Gasteiger partial charge is 0.369 e. The highest BCUT2D eigenvalue weighted by Gasteiger charge is 2.29. The molecule has 0 aromatic carbocycles. The van der Waals surface area contributed by atoms with E-state index in [-0.39, 0.29) is 5.91 Å². The molecule has 1 aliphatic heterocycles. The molecule has 0 aliphatic carbocycles. The summed E-state index contributed by atoms with van der Waals surface area (Å²) in [6, 6.07) is 0. The molecule has 0 bridgehead atoms. The number of carbonyl (C=O) groups excluding carboxylic acids is 1. The number of hydrogen-bond acceptors (Lipinski definition) is 3. The second-order valence-electron chi connectivity index (χ2n) is 5.93. The van der Waals surface area contributed by atoms with Crippen molar-refractivity contribution in [1.82, 2.24) is 14.9 Å². The molecule has 0 saturated carbocycles. The van der Waals surface area contributed by atoms with Crippen molar-refractivity contribution in [3.63, 3.8) is 0 Å². The van der Waals surface area contributed by atoms with E-state index in [9.17, 15) is 4.79 Å². The monoisotopic (exact) mass is 264 g/mol. The fraction of sp³-hybridized carbons (Fsp3) is 0.714. The van der Waals surface area contributed by atoms with Gasteiger partial charge in [-0.3, -0.25) is 4.79 Å². The number of carbonyl (C=O) groups is 1. The number of nitrogens with zero attached hydrogens (tertiary/aromatic N) is 2. The number of nitrogens with one attached hydrogen (secondary N) is 1. The van der Waals surface area contributed by atoms with Crippen molar-refractivity contribution in [3.8, 4) is 0 Å². The van der Waals surface area contributed by atoms with Crippen molar-refractivity contribution in [3.05, 3.63) is 17.2 Å². The molecule has 106 valence electrons. The highest BCUT2D eigenvalue weighted by atomic mass is 16.1. The Hall–Kier alpha value is -1.36. The predicted molar refractivity (Wildman–Crippen MR) is 74.6 cm³/mol. The Morgan fingerprint density at radius 1 is 1.53 bits per heavy atom. The molecule has 3 N–H and O–H groups in total. The van der Waals surface area contributed by atoms with Gasteiger partial charge in [-0.15, -0.1) is 0 Å². The summed E-state index contributed by atoms with van der Waals surface area (Å²) in [5.74, 6) is 0.830. The summed E-state index contributed by atoms with van der Waals surface area (Å²) < 4.78 is 2.23. The average Bonchev–Trinajstić information content (AvgIpc) is 2.68. The van der Waals surface area contributed by atoms with E-state index < -0.39 is 5.41 Å². The van der Waals surface area contributed by atoms with Crippen LogP contribution in [0.4, 0.5) is 0 Å². The van der Waals surface area contributed by atoms with Crippen LogP contribution in [-0.2, 0) is 30.7 Å². The van der Waals surface area contributed by atoms with Crippen LogP contribution >= 0.6 is 0 Å². The van der Waals surface area contributed by atoms with Crippen molar-refractivity contribution in [2.75, 3.05) is 6.54 Å². The lowest BCUT2D eigenvalue weighted by Gasteiger charge is -2.25. The van der Waals surface area contributed by atoms with Crippen LogP contribution < -0.4 is 11.1 Å². The standard InChI is InChI=1S/C14H24N4O/c1-4-5-12-17-10-8-16-7-6-11(10)18(12)9-14(2,3)13(15)19/h16H,4-9H2,1-3H3,(H2,15,19). The molecule has 0 spiro atoms. The Morgan fingerprint density at radius 3 is 2.89 bits per heavy atom. The highest BCUT2D eigenvalue weighted by Crippen LogP contribution is 2.24. The Balaban J connectivity index is 2.36. The highest BCUT2D eigenvalue weighted by molar-refractivity contribution is 5.79. The second kappa shape index (κ2) is 5.33. The summed E-state index contributed by atoms with van der Waals surface area (Å²) >= 11 is 0. The molecule has 0 unspecified atom stereocenters. The Kier molecular flexibility index (Phi) is 3.94. The summed E-state index contributed by atoms with van der Waals surface area (Å²) in [6.45, 7) is 8.38. The van der Waals surface area contributed by atoms with Gasteiger partial charge in [0.1, 0.15) is 5.82 Å². The zero-order valence-electron chi connectivity index (χ0n) is 12.1. The second-order valence-corrected chi connectivity index (χ2v) is 5.93. The summed E-state index contributed by atoms with van der Waals surface area (Å²) in [6.07, 6.45) is 2.98. The smallest absolute Gasteiger partial charge is 0.224 e. The van der Waals surface area contributed by atoms with E-state index in [0.717, 1.165) is 43.9 Å². The fourth-order valence-electron chi connectivity index (χ4n) is 2.50. The van der Waals surface area contributed by atoms with Crippen LogP contribution in [0.5, 0.6) is 0 Å². The average molecular weight is 264 g/mol. The normalized spacial score (nSPS) is 15.3. The number of fused-ring (bicyclic) bond motifs is 1. The van der Waals surface area contributed by atoms with Crippen LogP contribution in [-0.4, -0.2) is 22.0 Å². The van der Waals surface area contributed by atoms with Crippen LogP contribution in [0.2, 0.25) is 0 Å². The quantitative estimate of drug-likeness (QED) is 0.833. The molecule has 1 aliphatic rings. The SMILES string of the molecule is CCCc1nc2c(n1CC(C)(C)C(N)=O)CCNC2. The number of aromatic nitrogens is 2. The van der Waals surface area contributed by atoms with Gasteiger partial charge in [0.2, 0.25) is 5.91 Å². The molecule has 1 amide bonds. The van der Waals surface area contributed by atoms with Gasteiger partial charge in [-0.05, 0) is 20.3 Å². The molecular weight excluding hydrogens is 240 g/mol. The number of imidazole rings is 1. The van der Waals surface area contributed by atoms with Crippen molar-refractivity contribution < 1.29 is 4.79 Å². The first-order chi connectivity index (χ1) is 8.95. The number of rotatable bonds is 5. The zero-order chi connectivity index (χ0) is 14.0. The number of aryl methyl sites for hydroxylation is 1. The Labute approximate surface area is 114 Å². The third kappa shape index (κ3) is 2.81. The van der Waals surface area contributed by atoms with Crippen LogP contribution in [0.3, 0.4) is 0 Å². The lowest BCUT2D eigenvalue weighted by molar-refractivity contribution is -0.126. The topological polar surface area (TPSA) is 72.9 Å². The minimum Gasteiger partial charge on any atom is -0.369 e. The minimum atomic E-state index is -0.540. The van der Waals surface area contributed by atoms with Crippen LogP contribution in [0.1, 0.15) is 44.4 Å². The molecule has 5 nitrogen and oxygen atoms in total. The van der Waals surface area contributed by atoms with Crippen molar-refractivity contribution in [1.29, 1.82) is 0 Å². The molecule has 1 aromatic heterocycles. The van der Waals surface area contributed by atoms with E-state index in [1.165, 1.54) is 5.69 Å². The first-order valence-electron chi connectivity index (χ1n) is 7.03. The summed E-state index contributed by atoms with van der Waals surface area (Å²) in [4.78, 5) is 16.3. The van der Waals surface area contributed by atoms with Gasteiger partial charge in [-0.25, -0.2) is 4.98 Å². The number of amides is 1. The van der Waals surface area contributed by atoms with E-state index in [1.807, 2.05) is 13.8 Å². The number of hydrogen-bond donors (Lipinski definition) is 2. The maximum atomic E-state index is 11.6. The van der Waals surface area contributed by atoms with Gasteiger partial charge >= 0.3 is 0 Å². The lowest BCUT2D eigenvalue weighted by Crippen LogP contribution is -2.37. The summed E-state index contributed by atoms with van der Waals surface area (Å²) in [5, 5.41) is 3.34. The molecule has 19 heavy (non-hydrogen) atoms. The third-order valence-corrected chi connectivity index (χ3v) is 3.76. The molecule has 2 heterocycles. The van der Waals surface area contributed by atoms with E-state index in [4.69, 9.17) is 10.7 Å². The first-order valence-corrected chi connectivity index (χ1v) is 7.03. The van der Waals surface area contributed by atoms with Gasteiger partial charge in [0.15, 0.2) is 0 Å². The zero-order valence-corrected chi connectivity index (χ0v) is 12.1. The maximum Gasteiger partial charge on any atom is 0.224 e. The van der Waals surface area contributed by atoms with Gasteiger partial charge in [-0.2, -0.15) is 0 Å². The van der Waals surface area contributed by atoms with Gasteiger partial charge in [0, 0.05) is 38.2 Å². The van der Waals surface area contributed by atoms with Crippen molar-refractivity contribution >= 4 is 5.91 Å². The molecule has 0 atom stereocenters. The molecule has 0 saturated heterocycles. The fourth-order valence-corrected chi connectivity index (χ4v) is 2.50. The predicted octanol–water partition coefficient (Wildman–Crippen LogP) is 0.993. The van der Waals surface area contributed by atoms with Crippen LogP contribution in [0.15, 0.2) is 0 Å². The first kappa shape index (κ1) is 14.1. The molecule has 0 fully saturated rings. The van der Waals surface area contributed by atoms with E-state index in [2.05, 4.69) is 16.8 Å². The van der Waals surface area contributed by atoms with E-state index >= 15 is 0 Å². The summed E-state index contributed by atoms with van der Waals surface area (Å²) in [7, 11) is 0. The Morgan fingerprint density at radius 2 is 2.26 bits per heavy atom. The van der Waals surface area contributed by atoms with Crippen molar-refractivity contribution in [2.24, 2.45) is 11.1 Å². The minimum absolute atomic E-state index is 0.258. The van der Waals surface area contributed by atoms with Crippen LogP contribution in [0, 0.1) is 5.41 Å². The third-order valence-electron chi connectivity index (χ3n) is 3.76. The van der Waals surface area contributed by atoms with Gasteiger partial charge in [-0.1, -0.05) is 6.92 Å². The van der Waals surface area contributed by atoms with Crippen molar-refractivity contribution in [2.45, 2.75) is 53.1 Å². The molecular formula is C14H24N4O. The summed E-state index contributed by atoms with van der Waals surface area (Å²) in [5.41, 5.74) is 7.37. The lowest BCUT2D eigenvalue weighted by atomic mass is 9.92. The number of primary amides is 1. The van der Waals surface area contributed by atoms with E-state index in [1.54, 1.807) is 0 Å². The maximum absolute atomic E-state index is 11.6. The number of nitrogens with two attached hydrogens (primary N) is 1. The van der Waals surface area contributed by atoms with Crippen LogP contribution in [0.25, 0.3) is 0 Å². The molecule has 0 radical (unpaired) electrons. The molecule has 1 aromatic rings. The van der Waals surface area contributed by atoms with Gasteiger partial charge < -0.3 is 15.6 Å².